The fourth-order valence-corrected chi connectivity index (χ4v) is 2.84. The molecule has 129 valence electrons. The number of hydrogen-bond acceptors (Lipinski definition) is 0. The summed E-state index contributed by atoms with van der Waals surface area (Å²) in [5, 5.41) is 0. The molecule has 2 aromatic carbocycles. The summed E-state index contributed by atoms with van der Waals surface area (Å²) < 4.78 is 0. The van der Waals surface area contributed by atoms with Gasteiger partial charge >= 0.3 is 0 Å². The van der Waals surface area contributed by atoms with Gasteiger partial charge in [0.25, 0.3) is 0 Å². The van der Waals surface area contributed by atoms with Crippen LogP contribution < -0.4 is 0 Å². The molecule has 0 aromatic heterocycles. The van der Waals surface area contributed by atoms with E-state index in [0.717, 1.165) is 0 Å². The second-order valence-electron chi connectivity index (χ2n) is 5.39. The molecule has 0 saturated carbocycles. The minimum atomic E-state index is -0.124. The molecule has 1 atom stereocenters. The molecule has 23 heavy (non-hydrogen) atoms. The van der Waals surface area contributed by atoms with Gasteiger partial charge in [0.1, 0.15) is 0 Å². The van der Waals surface area contributed by atoms with Crippen molar-refractivity contribution in [2.45, 2.75) is 26.2 Å². The standard InChI is InChI=1S/C20H22.2CH3.Es/c1-5-11-17(3)20(4,18-13-7-6-8-14-18)19-15-10-9-12-16(19)2;;;/h5-15H,1H2,2-4H3;2*1H3;/q;2*-1;/b17-11+;;;. The topological polar surface area (TPSA) is 0 Å². The van der Waals surface area contributed by atoms with E-state index in [0.29, 0.717) is 0 Å². The van der Waals surface area contributed by atoms with Crippen LogP contribution in [0.5, 0.6) is 0 Å². The summed E-state index contributed by atoms with van der Waals surface area (Å²) in [4.78, 5) is 0. The smallest absolute Gasteiger partial charge is 0.0385 e. The first kappa shape index (κ1) is 22.2. The predicted octanol–water partition coefficient (Wildman–Crippen LogP) is 6.33. The molecule has 0 N–H and O–H groups in total. The minimum absolute atomic E-state index is 0. The summed E-state index contributed by atoms with van der Waals surface area (Å²) in [5.41, 5.74) is 5.15. The van der Waals surface area contributed by atoms with Crippen molar-refractivity contribution in [3.05, 3.63) is 110 Å². The van der Waals surface area contributed by atoms with Crippen LogP contribution >= 0.6 is 0 Å². The Kier molecular flexibility index (Phi) is 8.73. The number of aryl methyl sites for hydroxylation is 1. The van der Waals surface area contributed by atoms with Crippen molar-refractivity contribution in [3.63, 3.8) is 0 Å². The molecular weight excluding hydrogens is 516 g/mol. The van der Waals surface area contributed by atoms with Crippen molar-refractivity contribution in [3.8, 4) is 0 Å². The Hall–Kier alpha value is -3.08. The Balaban J connectivity index is 0. The van der Waals surface area contributed by atoms with Crippen molar-refractivity contribution >= 4 is 0 Å². The van der Waals surface area contributed by atoms with Crippen LogP contribution in [-0.2, 0) is 5.41 Å². The van der Waals surface area contributed by atoms with Gasteiger partial charge in [0.2, 0.25) is 0 Å². The molecule has 1 radical (unpaired) electrons. The van der Waals surface area contributed by atoms with Crippen molar-refractivity contribution in [1.82, 2.24) is 0 Å². The third kappa shape index (κ3) is 3.97. The Morgan fingerprint density at radius 3 is 2.00 bits per heavy atom. The molecule has 0 fully saturated rings. The molecule has 0 nitrogen and oxygen atoms in total. The van der Waals surface area contributed by atoms with Gasteiger partial charge < -0.3 is 14.9 Å². The molecule has 0 amide bonds. The van der Waals surface area contributed by atoms with Gasteiger partial charge in [0.15, 0.2) is 0 Å². The van der Waals surface area contributed by atoms with Gasteiger partial charge in [-0.25, -0.2) is 0 Å². The van der Waals surface area contributed by atoms with Gasteiger partial charge in [-0.15, -0.1) is 0 Å². The normalized spacial score (nSPS) is 12.7. The van der Waals surface area contributed by atoms with Crippen LogP contribution in [0.15, 0.2) is 78.9 Å². The van der Waals surface area contributed by atoms with Crippen molar-refractivity contribution in [1.29, 1.82) is 0 Å². The van der Waals surface area contributed by atoms with E-state index < -0.39 is 0 Å². The Labute approximate surface area is 137 Å². The predicted molar refractivity (Wildman–Crippen MR) is 101 cm³/mol. The largest absolute Gasteiger partial charge is 0.358 e. The fourth-order valence-electron chi connectivity index (χ4n) is 2.84. The first-order valence-corrected chi connectivity index (χ1v) is 7.02. The molecule has 0 saturated heterocycles. The maximum absolute atomic E-state index is 3.85. The first-order chi connectivity index (χ1) is 9.60. The zero-order valence-electron chi connectivity index (χ0n) is 14.9. The fraction of sp³-hybridized carbons (Fsp3) is 0.182. The second kappa shape index (κ2) is 9.04. The van der Waals surface area contributed by atoms with Crippen LogP contribution in [0.3, 0.4) is 0 Å². The molecule has 0 heterocycles. The zero-order chi connectivity index (χ0) is 14.6. The maximum Gasteiger partial charge on any atom is 0.0385 e. The average Bonchev–Trinajstić information content (AvgIpc) is 2.48. The molecule has 0 aliphatic heterocycles. The Morgan fingerprint density at radius 2 is 1.48 bits per heavy atom. The zero-order valence-corrected chi connectivity index (χ0v) is 17.4. The third-order valence-electron chi connectivity index (χ3n) is 4.19. The first-order valence-electron chi connectivity index (χ1n) is 7.02. The molecule has 0 spiro atoms. The third-order valence-corrected chi connectivity index (χ3v) is 4.19. The van der Waals surface area contributed by atoms with Gasteiger partial charge in [-0.3, -0.25) is 0 Å². The summed E-state index contributed by atoms with van der Waals surface area (Å²) >= 11 is 0. The molecule has 0 aliphatic carbocycles. The van der Waals surface area contributed by atoms with Gasteiger partial charge in [0, 0.05) is 5.41 Å². The average molecular weight is 544 g/mol. The van der Waals surface area contributed by atoms with E-state index >= 15 is 0 Å². The second-order valence-corrected chi connectivity index (χ2v) is 5.39. The van der Waals surface area contributed by atoms with Crippen LogP contribution in [0.4, 0.5) is 0 Å². The van der Waals surface area contributed by atoms with Gasteiger partial charge in [-0.2, -0.15) is 0 Å². The molecule has 2 rings (SSSR count). The number of hydrogen-bond donors (Lipinski definition) is 0. The maximum atomic E-state index is 3.85. The molecule has 2 aromatic rings. The molecule has 1 unspecified atom stereocenters. The van der Waals surface area contributed by atoms with Gasteiger partial charge in [-0.05, 0) is 37.5 Å². The van der Waals surface area contributed by atoms with Crippen molar-refractivity contribution in [2.75, 3.05) is 0 Å². The molecular formula is C22H28Es-2. The van der Waals surface area contributed by atoms with Gasteiger partial charge in [0.05, 0.1) is 0 Å². The molecule has 0 aliphatic rings. The summed E-state index contributed by atoms with van der Waals surface area (Å²) in [6, 6.07) is 19.3. The van der Waals surface area contributed by atoms with E-state index in [-0.39, 0.29) is 20.3 Å². The van der Waals surface area contributed by atoms with Crippen LogP contribution in [0.1, 0.15) is 30.5 Å². The summed E-state index contributed by atoms with van der Waals surface area (Å²) in [6.07, 6.45) is 3.98. The van der Waals surface area contributed by atoms with E-state index in [4.69, 9.17) is 0 Å². The van der Waals surface area contributed by atoms with Crippen LogP contribution in [0.25, 0.3) is 0 Å². The van der Waals surface area contributed by atoms with Gasteiger partial charge in [-0.1, -0.05) is 78.9 Å². The summed E-state index contributed by atoms with van der Waals surface area (Å²) in [5.74, 6) is 0. The Bertz CT molecular complexity index is 625. The molecule has 0 bridgehead atoms. The quantitative estimate of drug-likeness (QED) is 0.312. The van der Waals surface area contributed by atoms with E-state index in [1.165, 1.54) is 22.3 Å². The minimum Gasteiger partial charge on any atom is -0.358 e. The van der Waals surface area contributed by atoms with E-state index in [1.54, 1.807) is 0 Å². The molecule has 1 heteroatoms. The monoisotopic (exact) mass is 544 g/mol. The number of allylic oxidation sites excluding steroid dienone is 3. The number of benzene rings is 2. The number of rotatable bonds is 4. The SMILES string of the molecule is C=C/C=C(\C)C(C)(c1ccccc1)c1ccccc1C.[CH3-].[CH3-].[Es]. The summed E-state index contributed by atoms with van der Waals surface area (Å²) in [7, 11) is 0. The summed E-state index contributed by atoms with van der Waals surface area (Å²) in [6.45, 7) is 10.5. The van der Waals surface area contributed by atoms with Crippen LogP contribution in [0, 0.1) is 21.8 Å². The van der Waals surface area contributed by atoms with Crippen molar-refractivity contribution in [2.24, 2.45) is 0 Å². The Morgan fingerprint density at radius 1 is 0.957 bits per heavy atom. The van der Waals surface area contributed by atoms with E-state index in [9.17, 15) is 0 Å². The van der Waals surface area contributed by atoms with E-state index in [2.05, 4.69) is 88.0 Å². The van der Waals surface area contributed by atoms with Crippen LogP contribution in [0.2, 0.25) is 0 Å². The van der Waals surface area contributed by atoms with E-state index in [1.807, 2.05) is 6.08 Å². The van der Waals surface area contributed by atoms with Crippen molar-refractivity contribution < 1.29 is 0 Å². The van der Waals surface area contributed by atoms with Crippen LogP contribution in [-0.4, -0.2) is 0 Å².